The third-order valence-electron chi connectivity index (χ3n) is 7.43. The van der Waals surface area contributed by atoms with Gasteiger partial charge in [0.05, 0.1) is 7.11 Å². The van der Waals surface area contributed by atoms with Gasteiger partial charge >= 0.3 is 5.97 Å². The highest BCUT2D eigenvalue weighted by atomic mass is 32.2. The molecule has 2 fully saturated rings. The molecule has 1 aromatic carbocycles. The molecule has 3 nitrogen and oxygen atoms in total. The second-order valence-corrected chi connectivity index (χ2v) is 9.89. The van der Waals surface area contributed by atoms with Crippen LogP contribution in [0.5, 0.6) is 0 Å². The maximum atomic E-state index is 12.4. The van der Waals surface area contributed by atoms with Gasteiger partial charge in [-0.15, -0.1) is 11.8 Å². The summed E-state index contributed by atoms with van der Waals surface area (Å²) in [6.45, 7) is 2.24. The number of rotatable bonds is 5. The molecule has 4 heteroatoms. The molecule has 0 saturated heterocycles. The number of benzene rings is 1. The Kier molecular flexibility index (Phi) is 5.37. The van der Waals surface area contributed by atoms with Crippen molar-refractivity contribution in [3.63, 3.8) is 0 Å². The fraction of sp³-hybridized carbons (Fsp3) is 0.652. The van der Waals surface area contributed by atoms with Crippen molar-refractivity contribution in [3.8, 4) is 0 Å². The molecule has 4 unspecified atom stereocenters. The zero-order valence-electron chi connectivity index (χ0n) is 16.5. The van der Waals surface area contributed by atoms with E-state index in [0.717, 1.165) is 37.9 Å². The van der Waals surface area contributed by atoms with E-state index in [1.165, 1.54) is 30.4 Å². The van der Waals surface area contributed by atoms with E-state index in [9.17, 15) is 9.59 Å². The predicted molar refractivity (Wildman–Crippen MR) is 108 cm³/mol. The van der Waals surface area contributed by atoms with Gasteiger partial charge in [0.15, 0.2) is 0 Å². The molecule has 1 aromatic rings. The van der Waals surface area contributed by atoms with Crippen LogP contribution in [0.25, 0.3) is 0 Å². The molecule has 0 spiro atoms. The number of esters is 1. The van der Waals surface area contributed by atoms with Gasteiger partial charge in [0.2, 0.25) is 0 Å². The van der Waals surface area contributed by atoms with Gasteiger partial charge in [-0.1, -0.05) is 13.0 Å². The highest BCUT2D eigenvalue weighted by molar-refractivity contribution is 7.99. The molecule has 0 bridgehead atoms. The minimum Gasteiger partial charge on any atom is -0.469 e. The lowest BCUT2D eigenvalue weighted by Crippen LogP contribution is -2.42. The molecule has 3 aliphatic rings. The van der Waals surface area contributed by atoms with Crippen molar-refractivity contribution >= 4 is 23.5 Å². The molecule has 0 aliphatic heterocycles. The van der Waals surface area contributed by atoms with Gasteiger partial charge in [-0.3, -0.25) is 9.59 Å². The van der Waals surface area contributed by atoms with Crippen LogP contribution in [0, 0.1) is 17.3 Å². The number of fused-ring (bicyclic) bond motifs is 5. The zero-order valence-corrected chi connectivity index (χ0v) is 17.3. The number of ketones is 1. The first-order chi connectivity index (χ1) is 13.0. The van der Waals surface area contributed by atoms with Crippen LogP contribution in [-0.4, -0.2) is 24.6 Å². The number of hydrogen-bond acceptors (Lipinski definition) is 4. The number of methoxy groups -OCH3 is 1. The van der Waals surface area contributed by atoms with Crippen LogP contribution in [0.2, 0.25) is 0 Å². The van der Waals surface area contributed by atoms with Crippen molar-refractivity contribution in [1.29, 1.82) is 0 Å². The first-order valence-corrected chi connectivity index (χ1v) is 11.4. The molecule has 3 aliphatic carbocycles. The van der Waals surface area contributed by atoms with Crippen LogP contribution >= 0.6 is 11.8 Å². The fourth-order valence-corrected chi connectivity index (χ4v) is 6.84. The summed E-state index contributed by atoms with van der Waals surface area (Å²) in [5.74, 6) is 3.29. The molecule has 4 atom stereocenters. The summed E-state index contributed by atoms with van der Waals surface area (Å²) in [6.07, 6.45) is 7.89. The Bertz CT molecular complexity index is 743. The van der Waals surface area contributed by atoms with Gasteiger partial charge in [-0.25, -0.2) is 0 Å². The lowest BCUT2D eigenvalue weighted by molar-refractivity contribution is -0.140. The minimum atomic E-state index is -0.123. The number of hydrogen-bond donors (Lipinski definition) is 0. The van der Waals surface area contributed by atoms with Crippen LogP contribution in [0.3, 0.4) is 0 Å². The molecule has 0 N–H and O–H groups in total. The van der Waals surface area contributed by atoms with E-state index < -0.39 is 0 Å². The molecular weight excluding hydrogens is 356 g/mol. The predicted octanol–water partition coefficient (Wildman–Crippen LogP) is 5.16. The molecule has 27 heavy (non-hydrogen) atoms. The van der Waals surface area contributed by atoms with Gasteiger partial charge in [-0.05, 0) is 85.3 Å². The monoisotopic (exact) mass is 386 g/mol. The zero-order chi connectivity index (χ0) is 19.0. The van der Waals surface area contributed by atoms with E-state index in [1.54, 1.807) is 5.56 Å². The van der Waals surface area contributed by atoms with Gasteiger partial charge in [0, 0.05) is 23.2 Å². The molecule has 0 heterocycles. The quantitative estimate of drug-likeness (QED) is 0.398. The highest BCUT2D eigenvalue weighted by Gasteiger charge is 2.54. The molecule has 4 rings (SSSR count). The van der Waals surface area contributed by atoms with Crippen molar-refractivity contribution in [1.82, 2.24) is 0 Å². The number of carbonyl (C=O) groups is 2. The Balaban J connectivity index is 1.43. The summed E-state index contributed by atoms with van der Waals surface area (Å²) in [7, 11) is 1.45. The maximum absolute atomic E-state index is 12.4. The van der Waals surface area contributed by atoms with Crippen molar-refractivity contribution in [3.05, 3.63) is 29.3 Å². The number of aryl methyl sites for hydroxylation is 1. The molecule has 146 valence electrons. The number of thioether (sulfide) groups is 1. The molecule has 0 amide bonds. The smallest absolute Gasteiger partial charge is 0.305 e. The van der Waals surface area contributed by atoms with E-state index in [-0.39, 0.29) is 11.4 Å². The Hall–Kier alpha value is -1.29. The van der Waals surface area contributed by atoms with Crippen LogP contribution in [0.15, 0.2) is 23.1 Å². The van der Waals surface area contributed by atoms with Crippen molar-refractivity contribution < 1.29 is 14.3 Å². The largest absolute Gasteiger partial charge is 0.469 e. The first-order valence-electron chi connectivity index (χ1n) is 10.4. The van der Waals surface area contributed by atoms with Crippen LogP contribution < -0.4 is 0 Å². The Morgan fingerprint density at radius 3 is 2.93 bits per heavy atom. The fourth-order valence-electron chi connectivity index (χ4n) is 5.93. The summed E-state index contributed by atoms with van der Waals surface area (Å²) >= 11 is 1.84. The molecular formula is C23H30O3S. The first kappa shape index (κ1) is 19.0. The second-order valence-electron chi connectivity index (χ2n) is 8.72. The van der Waals surface area contributed by atoms with Crippen molar-refractivity contribution in [2.24, 2.45) is 17.3 Å². The second kappa shape index (κ2) is 7.62. The third-order valence-corrected chi connectivity index (χ3v) is 8.51. The summed E-state index contributed by atoms with van der Waals surface area (Å²) in [6, 6.07) is 6.99. The Morgan fingerprint density at radius 1 is 1.26 bits per heavy atom. The van der Waals surface area contributed by atoms with Crippen LogP contribution in [-0.2, 0) is 20.7 Å². The van der Waals surface area contributed by atoms with E-state index >= 15 is 0 Å². The van der Waals surface area contributed by atoms with Crippen molar-refractivity contribution in [2.45, 2.75) is 69.1 Å². The minimum absolute atomic E-state index is 0.0336. The number of carbonyl (C=O) groups excluding carboxylic acids is 2. The third kappa shape index (κ3) is 3.46. The van der Waals surface area contributed by atoms with Gasteiger partial charge in [0.1, 0.15) is 5.78 Å². The summed E-state index contributed by atoms with van der Waals surface area (Å²) in [5.41, 5.74) is 3.03. The van der Waals surface area contributed by atoms with E-state index in [4.69, 9.17) is 4.74 Å². The Labute approximate surface area is 166 Å². The topological polar surface area (TPSA) is 43.4 Å². The van der Waals surface area contributed by atoms with E-state index in [0.29, 0.717) is 30.0 Å². The highest BCUT2D eigenvalue weighted by Crippen LogP contribution is 2.59. The Morgan fingerprint density at radius 2 is 2.11 bits per heavy atom. The number of ether oxygens (including phenoxy) is 1. The summed E-state index contributed by atoms with van der Waals surface area (Å²) in [4.78, 5) is 25.0. The standard InChI is InChI=1S/C23H30O3S/c1-23-12-11-18-17-8-6-16(27-13-3-4-22(25)26-2)14-15(17)5-7-19(18)20(23)9-10-21(23)24/h6,8,14,18-20H,3-5,7,9-13H2,1-2H3. The molecule has 2 saturated carbocycles. The maximum Gasteiger partial charge on any atom is 0.305 e. The van der Waals surface area contributed by atoms with Crippen LogP contribution in [0.4, 0.5) is 0 Å². The normalized spacial score (nSPS) is 31.8. The summed E-state index contributed by atoms with van der Waals surface area (Å²) in [5, 5.41) is 0. The summed E-state index contributed by atoms with van der Waals surface area (Å²) < 4.78 is 4.70. The van der Waals surface area contributed by atoms with Gasteiger partial charge < -0.3 is 4.74 Å². The molecule has 0 radical (unpaired) electrons. The van der Waals surface area contributed by atoms with Gasteiger partial charge in [0.25, 0.3) is 0 Å². The average Bonchev–Trinajstić information content (AvgIpc) is 2.99. The van der Waals surface area contributed by atoms with E-state index in [2.05, 4.69) is 25.1 Å². The average molecular weight is 387 g/mol. The number of Topliss-reactive ketones (excluding diaryl/α,β-unsaturated/α-hetero) is 1. The molecule has 0 aromatic heterocycles. The lowest BCUT2D eigenvalue weighted by Gasteiger charge is -2.48. The van der Waals surface area contributed by atoms with Crippen LogP contribution in [0.1, 0.15) is 68.9 Å². The van der Waals surface area contributed by atoms with Crippen molar-refractivity contribution in [2.75, 3.05) is 12.9 Å². The van der Waals surface area contributed by atoms with E-state index in [1.807, 2.05) is 11.8 Å². The van der Waals surface area contributed by atoms with Gasteiger partial charge in [-0.2, -0.15) is 0 Å². The lowest BCUT2D eigenvalue weighted by atomic mass is 9.55. The SMILES string of the molecule is COC(=O)CCCSc1ccc2c(c1)CCC1C2CCC2(C)C(=O)CCC12.